The number of carbonyl (C=O) groups excluding carboxylic acids is 1. The maximum atomic E-state index is 13.8. The average Bonchev–Trinajstić information content (AvgIpc) is 3.39. The van der Waals surface area contributed by atoms with E-state index in [2.05, 4.69) is 35.6 Å². The number of rotatable bonds is 7. The van der Waals surface area contributed by atoms with Crippen LogP contribution in [-0.4, -0.2) is 84.3 Å². The molecule has 41 heavy (non-hydrogen) atoms. The lowest BCUT2D eigenvalue weighted by molar-refractivity contribution is -0.131. The molecule has 0 saturated carbocycles. The van der Waals surface area contributed by atoms with Crippen LogP contribution in [0.2, 0.25) is 0 Å². The second-order valence-corrected chi connectivity index (χ2v) is 10.8. The van der Waals surface area contributed by atoms with Gasteiger partial charge in [-0.05, 0) is 45.0 Å². The summed E-state index contributed by atoms with van der Waals surface area (Å²) < 4.78 is 20.0. The van der Waals surface area contributed by atoms with Gasteiger partial charge in [0.2, 0.25) is 5.88 Å². The highest BCUT2D eigenvalue weighted by Gasteiger charge is 2.36. The monoisotopic (exact) mass is 559 g/mol. The molecule has 2 unspecified atom stereocenters. The number of halogens is 1. The number of fused-ring (bicyclic) bond motifs is 1. The number of hydrogen-bond donors (Lipinski definition) is 1. The van der Waals surface area contributed by atoms with Gasteiger partial charge in [-0.1, -0.05) is 18.7 Å². The Balaban J connectivity index is 1.53. The molecule has 2 saturated heterocycles. The Morgan fingerprint density at radius 2 is 2.00 bits per heavy atom. The first kappa shape index (κ1) is 28.2. The number of amides is 1. The normalized spacial score (nSPS) is 20.7. The number of aromatic nitrogens is 1. The van der Waals surface area contributed by atoms with E-state index in [1.165, 1.54) is 4.90 Å². The predicted molar refractivity (Wildman–Crippen MR) is 151 cm³/mol. The third kappa shape index (κ3) is 5.63. The van der Waals surface area contributed by atoms with E-state index in [0.29, 0.717) is 49.6 Å². The maximum Gasteiger partial charge on any atom is 0.282 e. The minimum Gasteiger partial charge on any atom is -0.506 e. The van der Waals surface area contributed by atoms with Gasteiger partial charge in [0.15, 0.2) is 5.83 Å². The van der Waals surface area contributed by atoms with E-state index in [1.807, 2.05) is 17.0 Å². The first-order chi connectivity index (χ1) is 19.8. The zero-order valence-electron chi connectivity index (χ0n) is 23.2. The van der Waals surface area contributed by atoms with Crippen molar-refractivity contribution in [3.8, 4) is 23.8 Å². The van der Waals surface area contributed by atoms with E-state index in [9.17, 15) is 24.8 Å². The summed E-state index contributed by atoms with van der Waals surface area (Å²) in [5, 5.41) is 30.4. The first-order valence-electron chi connectivity index (χ1n) is 13.9. The fourth-order valence-electron chi connectivity index (χ4n) is 6.15. The molecule has 1 aromatic carbocycles. The van der Waals surface area contributed by atoms with Crippen LogP contribution in [-0.2, 0) is 17.8 Å². The van der Waals surface area contributed by atoms with Crippen LogP contribution < -0.4 is 14.5 Å². The fraction of sp³-hybridized carbons (Fsp3) is 0.467. The number of hydrogen-bond acceptors (Lipinski definition) is 9. The predicted octanol–water partition coefficient (Wildman–Crippen LogP) is 3.11. The molecule has 2 atom stereocenters. The summed E-state index contributed by atoms with van der Waals surface area (Å²) in [5.41, 5.74) is 3.37. The van der Waals surface area contributed by atoms with Crippen LogP contribution in [0.4, 0.5) is 15.8 Å². The molecule has 0 radical (unpaired) electrons. The third-order valence-electron chi connectivity index (χ3n) is 8.33. The van der Waals surface area contributed by atoms with Crippen molar-refractivity contribution < 1.29 is 19.0 Å². The average molecular weight is 560 g/mol. The number of pyridine rings is 1. The smallest absolute Gasteiger partial charge is 0.282 e. The van der Waals surface area contributed by atoms with E-state index < -0.39 is 17.8 Å². The van der Waals surface area contributed by atoms with E-state index in [1.54, 1.807) is 12.1 Å². The van der Waals surface area contributed by atoms with Crippen molar-refractivity contribution in [2.24, 2.45) is 0 Å². The number of phenolic OH excluding ortho intramolecular Hbond substituents is 1. The molecule has 3 aliphatic rings. The van der Waals surface area contributed by atoms with Crippen LogP contribution >= 0.6 is 0 Å². The summed E-state index contributed by atoms with van der Waals surface area (Å²) in [6.07, 6.45) is 2.67. The molecule has 1 amide bonds. The van der Waals surface area contributed by atoms with Gasteiger partial charge in [-0.25, -0.2) is 9.37 Å². The Morgan fingerprint density at radius 1 is 1.20 bits per heavy atom. The van der Waals surface area contributed by atoms with Crippen LogP contribution in [0.15, 0.2) is 36.7 Å². The van der Waals surface area contributed by atoms with Crippen LogP contribution in [0.25, 0.3) is 0 Å². The van der Waals surface area contributed by atoms with Crippen molar-refractivity contribution in [2.75, 3.05) is 56.2 Å². The van der Waals surface area contributed by atoms with Crippen molar-refractivity contribution in [2.45, 2.75) is 44.3 Å². The maximum absolute atomic E-state index is 13.8. The van der Waals surface area contributed by atoms with Gasteiger partial charge in [-0.3, -0.25) is 4.79 Å². The zero-order chi connectivity index (χ0) is 29.1. The molecule has 2 aromatic rings. The number of likely N-dealkylation sites (tertiary alicyclic amines) is 1. The van der Waals surface area contributed by atoms with Gasteiger partial charge in [-0.2, -0.15) is 10.5 Å². The third-order valence-corrected chi connectivity index (χ3v) is 8.33. The molecule has 1 aromatic heterocycles. The van der Waals surface area contributed by atoms with E-state index in [4.69, 9.17) is 9.72 Å². The number of anilines is 2. The highest BCUT2D eigenvalue weighted by Crippen LogP contribution is 2.39. The largest absolute Gasteiger partial charge is 0.506 e. The summed E-state index contributed by atoms with van der Waals surface area (Å²) in [5.74, 6) is -1.43. The molecule has 2 fully saturated rings. The summed E-state index contributed by atoms with van der Waals surface area (Å²) in [6.45, 7) is 6.33. The highest BCUT2D eigenvalue weighted by atomic mass is 19.1. The number of para-hydroxylation sites is 2. The lowest BCUT2D eigenvalue weighted by Gasteiger charge is -2.43. The number of nitriles is 2. The number of carbonyl (C=O) groups is 1. The SMILES string of the molecule is C=C(F)C(=O)N1CCN(c2c(C#N)c(OCC3CCCN3C)nc3c2CCN(c2ccccc2O)C3)CC1CC#N. The second-order valence-electron chi connectivity index (χ2n) is 10.8. The van der Waals surface area contributed by atoms with Gasteiger partial charge < -0.3 is 29.4 Å². The highest BCUT2D eigenvalue weighted by molar-refractivity contribution is 5.91. The Labute approximate surface area is 239 Å². The van der Waals surface area contributed by atoms with Crippen molar-refractivity contribution in [3.05, 3.63) is 53.5 Å². The molecule has 11 heteroatoms. The Morgan fingerprint density at radius 3 is 2.68 bits per heavy atom. The van der Waals surface area contributed by atoms with E-state index in [-0.39, 0.29) is 37.2 Å². The number of aromatic hydroxyl groups is 1. The molecule has 0 aliphatic carbocycles. The lowest BCUT2D eigenvalue weighted by Crippen LogP contribution is -2.55. The second kappa shape index (κ2) is 12.0. The number of nitrogens with zero attached hydrogens (tertiary/aromatic N) is 7. The molecule has 0 bridgehead atoms. The van der Waals surface area contributed by atoms with Gasteiger partial charge in [0, 0.05) is 37.8 Å². The quantitative estimate of drug-likeness (QED) is 0.510. The number of likely N-dealkylation sites (N-methyl/N-ethyl adjacent to an activating group) is 1. The molecule has 3 aliphatic heterocycles. The van der Waals surface area contributed by atoms with Crippen LogP contribution in [0.3, 0.4) is 0 Å². The first-order valence-corrected chi connectivity index (χ1v) is 13.9. The van der Waals surface area contributed by atoms with Gasteiger partial charge in [0.1, 0.15) is 24.0 Å². The molecule has 1 N–H and O–H groups in total. The van der Waals surface area contributed by atoms with Crippen molar-refractivity contribution in [1.82, 2.24) is 14.8 Å². The van der Waals surface area contributed by atoms with Crippen molar-refractivity contribution >= 4 is 17.3 Å². The minimum atomic E-state index is -1.06. The molecule has 0 spiro atoms. The lowest BCUT2D eigenvalue weighted by atomic mass is 9.96. The van der Waals surface area contributed by atoms with Crippen LogP contribution in [0.5, 0.6) is 11.6 Å². The molecule has 5 rings (SSSR count). The standard InChI is InChI=1S/C30H34FN7O3/c1-20(31)30(40)38-15-14-37(17-21(38)9-11-32)28-23-10-13-36(26-7-3-4-8-27(26)39)18-25(23)34-29(24(28)16-33)41-19-22-6-5-12-35(22)2/h3-4,7-8,21-22,39H,1,5-6,9-10,12-15,17-19H2,2H3. The number of benzene rings is 1. The summed E-state index contributed by atoms with van der Waals surface area (Å²) in [6, 6.07) is 11.3. The summed E-state index contributed by atoms with van der Waals surface area (Å²) in [7, 11) is 2.06. The van der Waals surface area contributed by atoms with Crippen LogP contribution in [0.1, 0.15) is 36.1 Å². The molecular formula is C30H34FN7O3. The topological polar surface area (TPSA) is 120 Å². The Kier molecular flexibility index (Phi) is 8.27. The van der Waals surface area contributed by atoms with Crippen LogP contribution in [0, 0.1) is 22.7 Å². The number of ether oxygens (including phenoxy) is 1. The Hall–Kier alpha value is -4.35. The van der Waals surface area contributed by atoms with E-state index >= 15 is 0 Å². The van der Waals surface area contributed by atoms with Gasteiger partial charge >= 0.3 is 0 Å². The zero-order valence-corrected chi connectivity index (χ0v) is 23.2. The Bertz CT molecular complexity index is 1420. The fourth-order valence-corrected chi connectivity index (χ4v) is 6.15. The van der Waals surface area contributed by atoms with E-state index in [0.717, 1.165) is 30.6 Å². The van der Waals surface area contributed by atoms with Gasteiger partial charge in [0.25, 0.3) is 5.91 Å². The molecule has 214 valence electrons. The molecular weight excluding hydrogens is 525 g/mol. The molecule has 10 nitrogen and oxygen atoms in total. The van der Waals surface area contributed by atoms with Crippen molar-refractivity contribution in [1.29, 1.82) is 10.5 Å². The van der Waals surface area contributed by atoms with Crippen molar-refractivity contribution in [3.63, 3.8) is 0 Å². The summed E-state index contributed by atoms with van der Waals surface area (Å²) in [4.78, 5) is 25.0. The molecule has 4 heterocycles. The van der Waals surface area contributed by atoms with Gasteiger partial charge in [0.05, 0.1) is 42.1 Å². The number of phenols is 1. The minimum absolute atomic E-state index is 0.0170. The van der Waals surface area contributed by atoms with Gasteiger partial charge in [-0.15, -0.1) is 0 Å². The summed E-state index contributed by atoms with van der Waals surface area (Å²) >= 11 is 0. The number of piperazine rings is 1.